The molecular weight excluding hydrogens is 184 g/mol. The molecule has 1 heteroatoms. The van der Waals surface area contributed by atoms with E-state index in [-0.39, 0.29) is 0 Å². The van der Waals surface area contributed by atoms with E-state index >= 15 is 0 Å². The second kappa shape index (κ2) is 3.41. The molecule has 0 amide bonds. The molecule has 0 bridgehead atoms. The van der Waals surface area contributed by atoms with E-state index in [4.69, 9.17) is 4.74 Å². The van der Waals surface area contributed by atoms with Gasteiger partial charge in [-0.1, -0.05) is 18.2 Å². The van der Waals surface area contributed by atoms with Gasteiger partial charge in [-0.15, -0.1) is 0 Å². The third-order valence-electron chi connectivity index (χ3n) is 3.78. The van der Waals surface area contributed by atoms with Crippen molar-refractivity contribution in [3.8, 4) is 5.75 Å². The van der Waals surface area contributed by atoms with Crippen molar-refractivity contribution < 1.29 is 4.74 Å². The first-order chi connectivity index (χ1) is 7.38. The van der Waals surface area contributed by atoms with Gasteiger partial charge < -0.3 is 4.74 Å². The van der Waals surface area contributed by atoms with Crippen molar-refractivity contribution in [2.75, 3.05) is 7.11 Å². The van der Waals surface area contributed by atoms with E-state index in [1.165, 1.54) is 30.4 Å². The molecule has 2 aliphatic carbocycles. The molecule has 15 heavy (non-hydrogen) atoms. The summed E-state index contributed by atoms with van der Waals surface area (Å²) in [6.45, 7) is 0. The Labute approximate surface area is 90.8 Å². The summed E-state index contributed by atoms with van der Waals surface area (Å²) in [5.41, 5.74) is 3.02. The minimum atomic E-state index is 0.680. The van der Waals surface area contributed by atoms with Gasteiger partial charge in [-0.05, 0) is 48.4 Å². The number of hydrogen-bond donors (Lipinski definition) is 0. The highest BCUT2D eigenvalue weighted by atomic mass is 16.5. The van der Waals surface area contributed by atoms with Crippen LogP contribution in [0.25, 0.3) is 0 Å². The lowest BCUT2D eigenvalue weighted by molar-refractivity contribution is 0.409. The van der Waals surface area contributed by atoms with Gasteiger partial charge in [0.1, 0.15) is 5.75 Å². The topological polar surface area (TPSA) is 9.23 Å². The summed E-state index contributed by atoms with van der Waals surface area (Å²) in [5.74, 6) is 2.54. The minimum absolute atomic E-state index is 0.680. The van der Waals surface area contributed by atoms with Gasteiger partial charge in [0.25, 0.3) is 0 Å². The van der Waals surface area contributed by atoms with Gasteiger partial charge in [-0.25, -0.2) is 0 Å². The van der Waals surface area contributed by atoms with E-state index in [9.17, 15) is 0 Å². The molecule has 1 aromatic carbocycles. The molecule has 0 unspecified atom stereocenters. The number of hydrogen-bond acceptors (Lipinski definition) is 1. The number of allylic oxidation sites excluding steroid dienone is 2. The molecule has 0 radical (unpaired) electrons. The van der Waals surface area contributed by atoms with Gasteiger partial charge in [0.2, 0.25) is 0 Å². The fourth-order valence-electron chi connectivity index (χ4n) is 2.95. The smallest absolute Gasteiger partial charge is 0.119 e. The molecule has 0 aliphatic heterocycles. The number of ether oxygens (including phenoxy) is 1. The third kappa shape index (κ3) is 1.38. The summed E-state index contributed by atoms with van der Waals surface area (Å²) in [5, 5.41) is 0. The molecule has 0 heterocycles. The highest BCUT2D eigenvalue weighted by molar-refractivity contribution is 5.42. The van der Waals surface area contributed by atoms with Crippen LogP contribution < -0.4 is 4.74 Å². The second-order valence-electron chi connectivity index (χ2n) is 4.55. The van der Waals surface area contributed by atoms with Crippen LogP contribution in [0.2, 0.25) is 0 Å². The quantitative estimate of drug-likeness (QED) is 0.632. The van der Waals surface area contributed by atoms with Crippen molar-refractivity contribution in [2.45, 2.75) is 25.2 Å². The van der Waals surface area contributed by atoms with Gasteiger partial charge in [-0.2, -0.15) is 0 Å². The Balaban J connectivity index is 2.03. The Morgan fingerprint density at radius 1 is 1.33 bits per heavy atom. The summed E-state index contributed by atoms with van der Waals surface area (Å²) in [7, 11) is 1.74. The lowest BCUT2D eigenvalue weighted by Gasteiger charge is -2.28. The molecule has 78 valence electrons. The maximum absolute atomic E-state index is 5.27. The maximum atomic E-state index is 5.27. The van der Waals surface area contributed by atoms with Gasteiger partial charge in [0.05, 0.1) is 7.11 Å². The van der Waals surface area contributed by atoms with E-state index in [0.717, 1.165) is 11.7 Å². The molecule has 0 saturated carbocycles. The largest absolute Gasteiger partial charge is 0.497 e. The van der Waals surface area contributed by atoms with Crippen molar-refractivity contribution in [1.29, 1.82) is 0 Å². The van der Waals surface area contributed by atoms with Crippen LogP contribution in [0.15, 0.2) is 30.4 Å². The Hall–Kier alpha value is -1.24. The molecule has 3 rings (SSSR count). The molecule has 2 atom stereocenters. The van der Waals surface area contributed by atoms with E-state index in [0.29, 0.717) is 5.92 Å². The van der Waals surface area contributed by atoms with Crippen molar-refractivity contribution in [3.05, 3.63) is 41.5 Å². The zero-order valence-corrected chi connectivity index (χ0v) is 9.07. The van der Waals surface area contributed by atoms with Crippen LogP contribution in [0.1, 0.15) is 29.9 Å². The van der Waals surface area contributed by atoms with Gasteiger partial charge in [0, 0.05) is 5.92 Å². The molecule has 2 aliphatic rings. The lowest BCUT2D eigenvalue weighted by Crippen LogP contribution is -2.15. The summed E-state index contributed by atoms with van der Waals surface area (Å²) >= 11 is 0. The fraction of sp³-hybridized carbons (Fsp3) is 0.429. The average Bonchev–Trinajstić information content (AvgIpc) is 2.76. The van der Waals surface area contributed by atoms with Crippen LogP contribution in [0.4, 0.5) is 0 Å². The Morgan fingerprint density at radius 3 is 3.13 bits per heavy atom. The zero-order chi connectivity index (χ0) is 10.3. The molecule has 0 fully saturated rings. The molecular formula is C14H16O. The van der Waals surface area contributed by atoms with E-state index in [1.54, 1.807) is 7.11 Å². The number of benzene rings is 1. The van der Waals surface area contributed by atoms with Crippen LogP contribution >= 0.6 is 0 Å². The maximum Gasteiger partial charge on any atom is 0.119 e. The summed E-state index contributed by atoms with van der Waals surface area (Å²) in [4.78, 5) is 0. The van der Waals surface area contributed by atoms with E-state index in [1.807, 2.05) is 0 Å². The van der Waals surface area contributed by atoms with Crippen molar-refractivity contribution >= 4 is 0 Å². The van der Waals surface area contributed by atoms with Gasteiger partial charge in [-0.3, -0.25) is 0 Å². The number of methoxy groups -OCH3 is 1. The highest BCUT2D eigenvalue weighted by Crippen LogP contribution is 2.43. The first-order valence-electron chi connectivity index (χ1n) is 5.72. The molecule has 0 N–H and O–H groups in total. The van der Waals surface area contributed by atoms with Crippen LogP contribution in [0.5, 0.6) is 5.75 Å². The number of aryl methyl sites for hydroxylation is 1. The van der Waals surface area contributed by atoms with Crippen LogP contribution in [0.3, 0.4) is 0 Å². The van der Waals surface area contributed by atoms with E-state index < -0.39 is 0 Å². The predicted molar refractivity (Wildman–Crippen MR) is 61.3 cm³/mol. The Bertz CT molecular complexity index is 406. The molecule has 1 aromatic rings. The molecule has 0 saturated heterocycles. The monoisotopic (exact) mass is 200 g/mol. The fourth-order valence-corrected chi connectivity index (χ4v) is 2.95. The zero-order valence-electron chi connectivity index (χ0n) is 9.07. The normalized spacial score (nSPS) is 27.3. The van der Waals surface area contributed by atoms with Crippen molar-refractivity contribution in [2.24, 2.45) is 5.92 Å². The predicted octanol–water partition coefficient (Wildman–Crippen LogP) is 3.30. The van der Waals surface area contributed by atoms with Crippen molar-refractivity contribution in [3.63, 3.8) is 0 Å². The van der Waals surface area contributed by atoms with Gasteiger partial charge >= 0.3 is 0 Å². The average molecular weight is 200 g/mol. The number of fused-ring (bicyclic) bond motifs is 3. The van der Waals surface area contributed by atoms with Crippen LogP contribution in [-0.4, -0.2) is 7.11 Å². The standard InChI is InChI=1S/C14H16O/c1-15-12-7-8-14-11(9-12)6-5-10-3-2-4-13(10)14/h2,4,7-10,13H,3,5-6H2,1H3/t10-,13-/m1/s1. The highest BCUT2D eigenvalue weighted by Gasteiger charge is 2.29. The first kappa shape index (κ1) is 9.02. The van der Waals surface area contributed by atoms with Crippen LogP contribution in [0, 0.1) is 5.92 Å². The Morgan fingerprint density at radius 2 is 2.27 bits per heavy atom. The SMILES string of the molecule is COc1ccc2c(c1)CC[C@H]1CC=C[C@@H]21. The summed E-state index contributed by atoms with van der Waals surface area (Å²) in [6.07, 6.45) is 8.55. The first-order valence-corrected chi connectivity index (χ1v) is 5.72. The lowest BCUT2D eigenvalue weighted by atomic mass is 9.77. The second-order valence-corrected chi connectivity index (χ2v) is 4.55. The molecule has 1 nitrogen and oxygen atoms in total. The van der Waals surface area contributed by atoms with Crippen molar-refractivity contribution in [1.82, 2.24) is 0 Å². The number of rotatable bonds is 1. The Kier molecular flexibility index (Phi) is 2.05. The third-order valence-corrected chi connectivity index (χ3v) is 3.78. The van der Waals surface area contributed by atoms with Crippen LogP contribution in [-0.2, 0) is 6.42 Å². The van der Waals surface area contributed by atoms with E-state index in [2.05, 4.69) is 30.4 Å². The summed E-state index contributed by atoms with van der Waals surface area (Å²) in [6, 6.07) is 6.55. The van der Waals surface area contributed by atoms with Gasteiger partial charge in [0.15, 0.2) is 0 Å². The molecule has 0 aromatic heterocycles. The molecule has 0 spiro atoms. The summed E-state index contributed by atoms with van der Waals surface area (Å²) < 4.78 is 5.27. The minimum Gasteiger partial charge on any atom is -0.497 e.